The fraction of sp³-hybridized carbons (Fsp3) is 1.00. The predicted octanol–water partition coefficient (Wildman–Crippen LogP) is 1.13. The molecule has 0 aromatic carbocycles. The van der Waals surface area contributed by atoms with Gasteiger partial charge in [0.15, 0.2) is 5.79 Å². The first-order valence-electron chi connectivity index (χ1n) is 6.15. The number of aliphatic hydroxyl groups excluding tert-OH is 1. The molecule has 3 unspecified atom stereocenters. The number of rotatable bonds is 6. The molecular weight excluding hydrogens is 206 g/mol. The summed E-state index contributed by atoms with van der Waals surface area (Å²) < 4.78 is 11.0. The van der Waals surface area contributed by atoms with Gasteiger partial charge in [-0.25, -0.2) is 0 Å². The highest BCUT2D eigenvalue weighted by Gasteiger charge is 2.36. The SMILES string of the molecule is CCC(C)CNCC(O)C1COC(C)(C)O1. The average molecular weight is 231 g/mol. The van der Waals surface area contributed by atoms with Crippen molar-refractivity contribution in [1.29, 1.82) is 0 Å². The molecule has 0 amide bonds. The molecule has 0 saturated carbocycles. The zero-order valence-electron chi connectivity index (χ0n) is 10.8. The van der Waals surface area contributed by atoms with Gasteiger partial charge < -0.3 is 19.9 Å². The summed E-state index contributed by atoms with van der Waals surface area (Å²) in [5, 5.41) is 13.2. The van der Waals surface area contributed by atoms with Crippen molar-refractivity contribution in [2.45, 2.75) is 52.1 Å². The maximum absolute atomic E-state index is 9.90. The van der Waals surface area contributed by atoms with Gasteiger partial charge in [0.05, 0.1) is 12.7 Å². The maximum Gasteiger partial charge on any atom is 0.163 e. The van der Waals surface area contributed by atoms with Crippen molar-refractivity contribution >= 4 is 0 Å². The summed E-state index contributed by atoms with van der Waals surface area (Å²) in [5.74, 6) is 0.0897. The molecule has 0 aromatic rings. The molecule has 1 saturated heterocycles. The Labute approximate surface area is 98.3 Å². The molecule has 1 heterocycles. The topological polar surface area (TPSA) is 50.7 Å². The smallest absolute Gasteiger partial charge is 0.163 e. The van der Waals surface area contributed by atoms with Gasteiger partial charge in [-0.2, -0.15) is 0 Å². The van der Waals surface area contributed by atoms with Crippen molar-refractivity contribution in [3.05, 3.63) is 0 Å². The van der Waals surface area contributed by atoms with Crippen LogP contribution >= 0.6 is 0 Å². The minimum atomic E-state index is -0.553. The van der Waals surface area contributed by atoms with Gasteiger partial charge in [0, 0.05) is 6.54 Å². The van der Waals surface area contributed by atoms with Crippen LogP contribution in [-0.4, -0.2) is 42.8 Å². The van der Waals surface area contributed by atoms with Crippen LogP contribution in [0.3, 0.4) is 0 Å². The monoisotopic (exact) mass is 231 g/mol. The second kappa shape index (κ2) is 5.96. The largest absolute Gasteiger partial charge is 0.389 e. The predicted molar refractivity (Wildman–Crippen MR) is 63.2 cm³/mol. The molecule has 1 aliphatic heterocycles. The van der Waals surface area contributed by atoms with Gasteiger partial charge in [-0.1, -0.05) is 20.3 Å². The van der Waals surface area contributed by atoms with Crippen LogP contribution < -0.4 is 5.32 Å². The normalized spacial score (nSPS) is 27.9. The van der Waals surface area contributed by atoms with Crippen molar-refractivity contribution in [2.75, 3.05) is 19.7 Å². The fourth-order valence-corrected chi connectivity index (χ4v) is 1.66. The Morgan fingerprint density at radius 1 is 1.44 bits per heavy atom. The van der Waals surface area contributed by atoms with Crippen LogP contribution in [0, 0.1) is 5.92 Å². The molecule has 1 fully saturated rings. The van der Waals surface area contributed by atoms with Gasteiger partial charge >= 0.3 is 0 Å². The summed E-state index contributed by atoms with van der Waals surface area (Å²) in [6.45, 7) is 10.1. The van der Waals surface area contributed by atoms with E-state index in [2.05, 4.69) is 19.2 Å². The Balaban J connectivity index is 2.18. The maximum atomic E-state index is 9.90. The molecule has 2 N–H and O–H groups in total. The lowest BCUT2D eigenvalue weighted by Gasteiger charge is -2.21. The molecular formula is C12H25NO3. The van der Waals surface area contributed by atoms with E-state index in [9.17, 15) is 5.11 Å². The van der Waals surface area contributed by atoms with Crippen molar-refractivity contribution in [3.63, 3.8) is 0 Å². The van der Waals surface area contributed by atoms with Gasteiger partial charge in [-0.05, 0) is 26.3 Å². The van der Waals surface area contributed by atoms with Crippen LogP contribution in [0.5, 0.6) is 0 Å². The number of hydrogen-bond acceptors (Lipinski definition) is 4. The third-order valence-corrected chi connectivity index (χ3v) is 3.00. The Hall–Kier alpha value is -0.160. The molecule has 4 nitrogen and oxygen atoms in total. The van der Waals surface area contributed by atoms with E-state index >= 15 is 0 Å². The van der Waals surface area contributed by atoms with Crippen molar-refractivity contribution in [3.8, 4) is 0 Å². The van der Waals surface area contributed by atoms with Crippen molar-refractivity contribution in [1.82, 2.24) is 5.32 Å². The molecule has 1 rings (SSSR count). The molecule has 96 valence electrons. The standard InChI is InChI=1S/C12H25NO3/c1-5-9(2)6-13-7-10(14)11-8-15-12(3,4)16-11/h9-11,13-14H,5-8H2,1-4H3. The van der Waals surface area contributed by atoms with Gasteiger partial charge in [0.25, 0.3) is 0 Å². The average Bonchev–Trinajstić information content (AvgIpc) is 2.58. The summed E-state index contributed by atoms with van der Waals surface area (Å²) in [7, 11) is 0. The Bertz CT molecular complexity index is 208. The number of nitrogens with one attached hydrogen (secondary N) is 1. The minimum Gasteiger partial charge on any atom is -0.389 e. The quantitative estimate of drug-likeness (QED) is 0.719. The molecule has 4 heteroatoms. The van der Waals surface area contributed by atoms with E-state index < -0.39 is 11.9 Å². The Morgan fingerprint density at radius 2 is 2.12 bits per heavy atom. The Kier molecular flexibility index (Phi) is 5.18. The lowest BCUT2D eigenvalue weighted by molar-refractivity contribution is -0.150. The van der Waals surface area contributed by atoms with Crippen LogP contribution in [0.4, 0.5) is 0 Å². The van der Waals surface area contributed by atoms with Crippen LogP contribution in [0.1, 0.15) is 34.1 Å². The molecule has 0 bridgehead atoms. The summed E-state index contributed by atoms with van der Waals surface area (Å²) in [4.78, 5) is 0. The molecule has 0 aliphatic carbocycles. The minimum absolute atomic E-state index is 0.209. The molecule has 1 aliphatic rings. The molecule has 16 heavy (non-hydrogen) atoms. The van der Waals surface area contributed by atoms with Crippen LogP contribution in [0.15, 0.2) is 0 Å². The first-order valence-corrected chi connectivity index (χ1v) is 6.15. The third kappa shape index (κ3) is 4.37. The zero-order valence-corrected chi connectivity index (χ0v) is 10.8. The third-order valence-electron chi connectivity index (χ3n) is 3.00. The van der Waals surface area contributed by atoms with E-state index in [-0.39, 0.29) is 6.10 Å². The molecule has 0 spiro atoms. The molecule has 0 radical (unpaired) electrons. The van der Waals surface area contributed by atoms with E-state index in [1.165, 1.54) is 0 Å². The van der Waals surface area contributed by atoms with Gasteiger partial charge in [0.1, 0.15) is 6.10 Å². The Morgan fingerprint density at radius 3 is 2.62 bits per heavy atom. The summed E-state index contributed by atoms with van der Waals surface area (Å²) >= 11 is 0. The van der Waals surface area contributed by atoms with Crippen LogP contribution in [0.25, 0.3) is 0 Å². The summed E-state index contributed by atoms with van der Waals surface area (Å²) in [6, 6.07) is 0. The van der Waals surface area contributed by atoms with E-state index in [0.29, 0.717) is 19.1 Å². The van der Waals surface area contributed by atoms with E-state index in [1.54, 1.807) is 0 Å². The van der Waals surface area contributed by atoms with E-state index in [4.69, 9.17) is 9.47 Å². The lowest BCUT2D eigenvalue weighted by atomic mass is 10.1. The number of ether oxygens (including phenoxy) is 2. The van der Waals surface area contributed by atoms with E-state index in [1.807, 2.05) is 13.8 Å². The zero-order chi connectivity index (χ0) is 12.2. The molecule has 3 atom stereocenters. The van der Waals surface area contributed by atoms with Crippen LogP contribution in [0.2, 0.25) is 0 Å². The van der Waals surface area contributed by atoms with Crippen molar-refractivity contribution in [2.24, 2.45) is 5.92 Å². The fourth-order valence-electron chi connectivity index (χ4n) is 1.66. The van der Waals surface area contributed by atoms with Gasteiger partial charge in [-0.3, -0.25) is 0 Å². The van der Waals surface area contributed by atoms with Gasteiger partial charge in [-0.15, -0.1) is 0 Å². The highest BCUT2D eigenvalue weighted by molar-refractivity contribution is 4.79. The highest BCUT2D eigenvalue weighted by Crippen LogP contribution is 2.23. The highest BCUT2D eigenvalue weighted by atomic mass is 16.7. The van der Waals surface area contributed by atoms with Crippen molar-refractivity contribution < 1.29 is 14.6 Å². The van der Waals surface area contributed by atoms with E-state index in [0.717, 1.165) is 13.0 Å². The summed E-state index contributed by atoms with van der Waals surface area (Å²) in [5.41, 5.74) is 0. The summed E-state index contributed by atoms with van der Waals surface area (Å²) in [6.07, 6.45) is 0.448. The second-order valence-electron chi connectivity index (χ2n) is 5.11. The first-order chi connectivity index (χ1) is 7.44. The first kappa shape index (κ1) is 13.9. The molecule has 0 aromatic heterocycles. The lowest BCUT2D eigenvalue weighted by Crippen LogP contribution is -2.39. The second-order valence-corrected chi connectivity index (χ2v) is 5.11. The van der Waals surface area contributed by atoms with Crippen LogP contribution in [-0.2, 0) is 9.47 Å². The number of aliphatic hydroxyl groups is 1. The van der Waals surface area contributed by atoms with Gasteiger partial charge in [0.2, 0.25) is 0 Å². The number of hydrogen-bond donors (Lipinski definition) is 2.